The number of hydrogen-bond acceptors (Lipinski definition) is 3. The van der Waals surface area contributed by atoms with Gasteiger partial charge < -0.3 is 10.6 Å². The third-order valence-corrected chi connectivity index (χ3v) is 5.11. The number of carbonyl (C=O) groups is 3. The molecule has 2 atom stereocenters. The Labute approximate surface area is 159 Å². The van der Waals surface area contributed by atoms with Gasteiger partial charge in [0, 0.05) is 6.04 Å². The van der Waals surface area contributed by atoms with E-state index in [2.05, 4.69) is 10.6 Å². The molecule has 2 N–H and O–H groups in total. The van der Waals surface area contributed by atoms with Crippen molar-refractivity contribution in [3.05, 3.63) is 35.6 Å². The molecule has 1 heterocycles. The van der Waals surface area contributed by atoms with Crippen LogP contribution in [0.4, 0.5) is 9.18 Å². The van der Waals surface area contributed by atoms with Crippen LogP contribution in [0.1, 0.15) is 52.5 Å². The van der Waals surface area contributed by atoms with Crippen molar-refractivity contribution in [2.45, 2.75) is 58.5 Å². The summed E-state index contributed by atoms with van der Waals surface area (Å²) < 4.78 is 13.3. The molecule has 1 aromatic carbocycles. The summed E-state index contributed by atoms with van der Waals surface area (Å²) in [6.07, 6.45) is 1.92. The third kappa shape index (κ3) is 4.46. The molecule has 1 aromatic rings. The summed E-state index contributed by atoms with van der Waals surface area (Å²) in [5.74, 6) is -1.04. The Morgan fingerprint density at radius 1 is 1.22 bits per heavy atom. The summed E-state index contributed by atoms with van der Waals surface area (Å²) in [7, 11) is 0. The largest absolute Gasteiger partial charge is 0.352 e. The van der Waals surface area contributed by atoms with Gasteiger partial charge in [0.1, 0.15) is 17.9 Å². The second-order valence-electron chi connectivity index (χ2n) is 7.44. The van der Waals surface area contributed by atoms with Gasteiger partial charge in [0.15, 0.2) is 0 Å². The molecule has 0 radical (unpaired) electrons. The molecule has 0 bridgehead atoms. The Hall–Kier alpha value is -2.44. The van der Waals surface area contributed by atoms with E-state index in [9.17, 15) is 18.8 Å². The van der Waals surface area contributed by atoms with E-state index in [1.807, 2.05) is 27.7 Å². The predicted molar refractivity (Wildman–Crippen MR) is 100 cm³/mol. The van der Waals surface area contributed by atoms with Crippen LogP contribution in [0.3, 0.4) is 0 Å². The highest BCUT2D eigenvalue weighted by Crippen LogP contribution is 2.34. The van der Waals surface area contributed by atoms with Crippen molar-refractivity contribution >= 4 is 17.8 Å². The fourth-order valence-corrected chi connectivity index (χ4v) is 3.07. The van der Waals surface area contributed by atoms with E-state index in [0.717, 1.165) is 11.3 Å². The van der Waals surface area contributed by atoms with Gasteiger partial charge in [0.25, 0.3) is 5.91 Å². The lowest BCUT2D eigenvalue weighted by Gasteiger charge is -2.27. The maximum absolute atomic E-state index is 13.3. The number of imide groups is 1. The van der Waals surface area contributed by atoms with Gasteiger partial charge in [-0.25, -0.2) is 9.18 Å². The van der Waals surface area contributed by atoms with E-state index in [1.54, 1.807) is 0 Å². The summed E-state index contributed by atoms with van der Waals surface area (Å²) in [6, 6.07) is 4.87. The molecule has 148 valence electrons. The molecular formula is C20H28FN3O3. The van der Waals surface area contributed by atoms with Crippen LogP contribution >= 0.6 is 0 Å². The van der Waals surface area contributed by atoms with Crippen molar-refractivity contribution in [3.63, 3.8) is 0 Å². The number of amides is 4. The quantitative estimate of drug-likeness (QED) is 0.684. The van der Waals surface area contributed by atoms with Crippen molar-refractivity contribution < 1.29 is 18.8 Å². The smallest absolute Gasteiger partial charge is 0.325 e. The maximum atomic E-state index is 13.3. The Balaban J connectivity index is 2.25. The molecule has 1 saturated heterocycles. The van der Waals surface area contributed by atoms with Crippen LogP contribution in [-0.4, -0.2) is 35.3 Å². The fourth-order valence-electron chi connectivity index (χ4n) is 3.07. The van der Waals surface area contributed by atoms with Gasteiger partial charge in [-0.1, -0.05) is 45.7 Å². The van der Waals surface area contributed by atoms with Gasteiger partial charge in [-0.15, -0.1) is 0 Å². The van der Waals surface area contributed by atoms with Crippen LogP contribution in [0, 0.1) is 11.7 Å². The summed E-state index contributed by atoms with van der Waals surface area (Å²) in [6.45, 7) is 7.47. The minimum Gasteiger partial charge on any atom is -0.352 e. The van der Waals surface area contributed by atoms with Crippen LogP contribution in [0.15, 0.2) is 24.3 Å². The van der Waals surface area contributed by atoms with Crippen LogP contribution in [0.25, 0.3) is 0 Å². The van der Waals surface area contributed by atoms with E-state index >= 15 is 0 Å². The van der Waals surface area contributed by atoms with E-state index in [4.69, 9.17) is 0 Å². The topological polar surface area (TPSA) is 78.5 Å². The molecule has 2 rings (SSSR count). The lowest BCUT2D eigenvalue weighted by molar-refractivity contribution is -0.135. The zero-order valence-electron chi connectivity index (χ0n) is 16.3. The fraction of sp³-hybridized carbons (Fsp3) is 0.550. The van der Waals surface area contributed by atoms with Crippen molar-refractivity contribution in [2.75, 3.05) is 6.54 Å². The number of benzene rings is 1. The van der Waals surface area contributed by atoms with E-state index in [1.165, 1.54) is 24.3 Å². The van der Waals surface area contributed by atoms with Gasteiger partial charge in [0.05, 0.1) is 0 Å². The number of nitrogens with zero attached hydrogens (tertiary/aromatic N) is 1. The van der Waals surface area contributed by atoms with Crippen molar-refractivity contribution in [1.82, 2.24) is 15.5 Å². The molecule has 0 aromatic heterocycles. The Morgan fingerprint density at radius 3 is 2.41 bits per heavy atom. The zero-order valence-corrected chi connectivity index (χ0v) is 16.3. The number of halogens is 1. The lowest BCUT2D eigenvalue weighted by atomic mass is 9.85. The average molecular weight is 377 g/mol. The first kappa shape index (κ1) is 20.9. The molecular weight excluding hydrogens is 349 g/mol. The number of urea groups is 1. The second kappa shape index (κ2) is 8.50. The molecule has 0 spiro atoms. The molecule has 6 nitrogen and oxygen atoms in total. The molecule has 7 heteroatoms. The first-order chi connectivity index (χ1) is 12.7. The minimum absolute atomic E-state index is 0.0692. The minimum atomic E-state index is -1.26. The van der Waals surface area contributed by atoms with Crippen LogP contribution < -0.4 is 10.6 Å². The lowest BCUT2D eigenvalue weighted by Crippen LogP contribution is -2.46. The summed E-state index contributed by atoms with van der Waals surface area (Å²) >= 11 is 0. The predicted octanol–water partition coefficient (Wildman–Crippen LogP) is 2.92. The summed E-state index contributed by atoms with van der Waals surface area (Å²) in [5.41, 5.74) is -0.737. The van der Waals surface area contributed by atoms with Crippen LogP contribution in [0.5, 0.6) is 0 Å². The average Bonchev–Trinajstić information content (AvgIpc) is 2.85. The van der Waals surface area contributed by atoms with Crippen LogP contribution in [0.2, 0.25) is 0 Å². The van der Waals surface area contributed by atoms with Gasteiger partial charge in [-0.2, -0.15) is 0 Å². The van der Waals surface area contributed by atoms with Gasteiger partial charge in [-0.05, 0) is 37.0 Å². The van der Waals surface area contributed by atoms with Gasteiger partial charge in [-0.3, -0.25) is 14.5 Å². The van der Waals surface area contributed by atoms with E-state index in [-0.39, 0.29) is 24.4 Å². The number of hydrogen-bond donors (Lipinski definition) is 2. The molecule has 0 unspecified atom stereocenters. The number of unbranched alkanes of at least 4 members (excludes halogenated alkanes) is 1. The molecule has 0 aliphatic carbocycles. The Kier molecular flexibility index (Phi) is 6.57. The zero-order chi connectivity index (χ0) is 20.2. The number of carbonyl (C=O) groups excluding carboxylic acids is 3. The van der Waals surface area contributed by atoms with Crippen LogP contribution in [-0.2, 0) is 15.1 Å². The number of nitrogens with one attached hydrogen (secondary N) is 2. The first-order valence-electron chi connectivity index (χ1n) is 9.40. The van der Waals surface area contributed by atoms with Crippen molar-refractivity contribution in [1.29, 1.82) is 0 Å². The Morgan fingerprint density at radius 2 is 1.85 bits per heavy atom. The molecule has 1 aliphatic heterocycles. The SMILES string of the molecule is CCCC[C@@]1(c2ccc(F)cc2)NC(=O)N(CC(=O)N[C@H](C)C(C)C)C1=O. The van der Waals surface area contributed by atoms with Crippen molar-refractivity contribution in [2.24, 2.45) is 5.92 Å². The molecule has 4 amide bonds. The molecule has 27 heavy (non-hydrogen) atoms. The molecule has 1 aliphatic rings. The van der Waals surface area contributed by atoms with E-state index < -0.39 is 23.3 Å². The summed E-state index contributed by atoms with van der Waals surface area (Å²) in [5, 5.41) is 5.56. The Bertz CT molecular complexity index is 705. The van der Waals surface area contributed by atoms with Crippen molar-refractivity contribution in [3.8, 4) is 0 Å². The highest BCUT2D eigenvalue weighted by atomic mass is 19.1. The third-order valence-electron chi connectivity index (χ3n) is 5.11. The maximum Gasteiger partial charge on any atom is 0.325 e. The normalized spacial score (nSPS) is 20.7. The number of rotatable bonds is 8. The highest BCUT2D eigenvalue weighted by Gasteiger charge is 2.52. The van der Waals surface area contributed by atoms with Gasteiger partial charge in [0.2, 0.25) is 5.91 Å². The molecule has 1 fully saturated rings. The summed E-state index contributed by atoms with van der Waals surface area (Å²) in [4.78, 5) is 38.9. The first-order valence-corrected chi connectivity index (χ1v) is 9.40. The second-order valence-corrected chi connectivity index (χ2v) is 7.44. The standard InChI is InChI=1S/C20H28FN3O3/c1-5-6-11-20(15-7-9-16(21)10-8-15)18(26)24(19(27)23-20)12-17(25)22-14(4)13(2)3/h7-10,13-14H,5-6,11-12H2,1-4H3,(H,22,25)(H,23,27)/t14-,20+/m1/s1. The monoisotopic (exact) mass is 377 g/mol. The highest BCUT2D eigenvalue weighted by molar-refractivity contribution is 6.09. The molecule has 0 saturated carbocycles. The van der Waals surface area contributed by atoms with Gasteiger partial charge >= 0.3 is 6.03 Å². The van der Waals surface area contributed by atoms with E-state index in [0.29, 0.717) is 18.4 Å².